The zero-order valence-corrected chi connectivity index (χ0v) is 12.6. The molecule has 2 heterocycles. The number of carbonyl (C=O) groups is 1. The monoisotopic (exact) mass is 324 g/mol. The molecule has 0 N–H and O–H groups in total. The quantitative estimate of drug-likeness (QED) is 0.866. The predicted octanol–water partition coefficient (Wildman–Crippen LogP) is 3.42. The molecule has 5 heteroatoms. The van der Waals surface area contributed by atoms with Crippen LogP contribution in [0.4, 0.5) is 5.82 Å². The summed E-state index contributed by atoms with van der Waals surface area (Å²) >= 11 is 4.99. The van der Waals surface area contributed by atoms with Crippen LogP contribution in [0.3, 0.4) is 0 Å². The van der Waals surface area contributed by atoms with Crippen LogP contribution >= 0.6 is 27.3 Å². The second kappa shape index (κ2) is 5.63. The minimum Gasteiger partial charge on any atom is -0.300 e. The van der Waals surface area contributed by atoms with Crippen molar-refractivity contribution in [3.05, 3.63) is 44.7 Å². The molecule has 2 aromatic heterocycles. The van der Waals surface area contributed by atoms with E-state index in [-0.39, 0.29) is 5.91 Å². The van der Waals surface area contributed by atoms with Crippen molar-refractivity contribution >= 4 is 39.0 Å². The molecule has 18 heavy (non-hydrogen) atoms. The number of halogens is 1. The Kier molecular flexibility index (Phi) is 4.14. The van der Waals surface area contributed by atoms with Gasteiger partial charge in [0.1, 0.15) is 5.82 Å². The average molecular weight is 325 g/mol. The van der Waals surface area contributed by atoms with Crippen LogP contribution in [-0.4, -0.2) is 17.9 Å². The normalized spacial score (nSPS) is 10.4. The van der Waals surface area contributed by atoms with Gasteiger partial charge in [0.25, 0.3) is 0 Å². The fourth-order valence-corrected chi connectivity index (χ4v) is 2.77. The minimum atomic E-state index is 0.0474. The number of rotatable bonds is 3. The van der Waals surface area contributed by atoms with E-state index in [4.69, 9.17) is 0 Å². The Balaban J connectivity index is 2.12. The van der Waals surface area contributed by atoms with Gasteiger partial charge in [0.15, 0.2) is 0 Å². The molecular formula is C13H13BrN2OS. The van der Waals surface area contributed by atoms with E-state index in [1.54, 1.807) is 29.5 Å². The number of amides is 1. The number of aryl methyl sites for hydroxylation is 1. The Morgan fingerprint density at radius 3 is 2.89 bits per heavy atom. The minimum absolute atomic E-state index is 0.0474. The Morgan fingerprint density at radius 2 is 2.28 bits per heavy atom. The maximum atomic E-state index is 12.2. The third-order valence-electron chi connectivity index (χ3n) is 2.71. The van der Waals surface area contributed by atoms with Gasteiger partial charge < -0.3 is 0 Å². The van der Waals surface area contributed by atoms with Gasteiger partial charge in [-0.25, -0.2) is 4.98 Å². The molecule has 0 bridgehead atoms. The van der Waals surface area contributed by atoms with E-state index in [2.05, 4.69) is 20.9 Å². The summed E-state index contributed by atoms with van der Waals surface area (Å²) in [7, 11) is 1.75. The Labute approximate surface area is 119 Å². The first-order chi connectivity index (χ1) is 8.58. The highest BCUT2D eigenvalue weighted by Crippen LogP contribution is 2.20. The molecule has 94 valence electrons. The molecule has 2 aromatic rings. The molecule has 0 unspecified atom stereocenters. The molecule has 0 atom stereocenters. The molecule has 0 aliphatic carbocycles. The summed E-state index contributed by atoms with van der Waals surface area (Å²) in [6.45, 7) is 2.02. The van der Waals surface area contributed by atoms with Crippen molar-refractivity contribution in [2.24, 2.45) is 0 Å². The number of likely N-dealkylation sites (N-methyl/N-ethyl adjacent to an activating group) is 1. The van der Waals surface area contributed by atoms with Crippen LogP contribution < -0.4 is 4.90 Å². The second-order valence-corrected chi connectivity index (χ2v) is 5.90. The molecule has 0 saturated carbocycles. The lowest BCUT2D eigenvalue weighted by Gasteiger charge is -2.16. The van der Waals surface area contributed by atoms with Crippen molar-refractivity contribution in [1.82, 2.24) is 4.98 Å². The maximum absolute atomic E-state index is 12.2. The van der Waals surface area contributed by atoms with Crippen LogP contribution in [-0.2, 0) is 11.2 Å². The lowest BCUT2D eigenvalue weighted by atomic mass is 10.2. The van der Waals surface area contributed by atoms with E-state index >= 15 is 0 Å². The van der Waals surface area contributed by atoms with Gasteiger partial charge >= 0.3 is 0 Å². The molecule has 0 radical (unpaired) electrons. The Morgan fingerprint density at radius 1 is 1.50 bits per heavy atom. The SMILES string of the molecule is Cc1ccsc1CC(=O)N(C)c1cc(Br)ccn1. The summed E-state index contributed by atoms with van der Waals surface area (Å²) in [5.41, 5.74) is 1.17. The topological polar surface area (TPSA) is 33.2 Å². The molecule has 3 nitrogen and oxygen atoms in total. The lowest BCUT2D eigenvalue weighted by molar-refractivity contribution is -0.117. The number of anilines is 1. The van der Waals surface area contributed by atoms with E-state index < -0.39 is 0 Å². The summed E-state index contributed by atoms with van der Waals surface area (Å²) in [5.74, 6) is 0.703. The van der Waals surface area contributed by atoms with Crippen molar-refractivity contribution in [2.45, 2.75) is 13.3 Å². The van der Waals surface area contributed by atoms with Crippen LogP contribution in [0.1, 0.15) is 10.4 Å². The van der Waals surface area contributed by atoms with Gasteiger partial charge in [0, 0.05) is 22.6 Å². The summed E-state index contributed by atoms with van der Waals surface area (Å²) in [5, 5.41) is 2.01. The number of pyridine rings is 1. The van der Waals surface area contributed by atoms with Crippen molar-refractivity contribution in [3.8, 4) is 0 Å². The summed E-state index contributed by atoms with van der Waals surface area (Å²) in [6.07, 6.45) is 2.10. The number of hydrogen-bond acceptors (Lipinski definition) is 3. The van der Waals surface area contributed by atoms with E-state index in [0.29, 0.717) is 12.2 Å². The van der Waals surface area contributed by atoms with Crippen LogP contribution in [0, 0.1) is 6.92 Å². The number of carbonyl (C=O) groups excluding carboxylic acids is 1. The summed E-state index contributed by atoms with van der Waals surface area (Å²) in [4.78, 5) is 19.0. The largest absolute Gasteiger partial charge is 0.300 e. The third kappa shape index (κ3) is 2.97. The van der Waals surface area contributed by atoms with Gasteiger partial charge in [0.05, 0.1) is 6.42 Å². The van der Waals surface area contributed by atoms with Gasteiger partial charge in [-0.3, -0.25) is 9.69 Å². The van der Waals surface area contributed by atoms with Crippen molar-refractivity contribution < 1.29 is 4.79 Å². The lowest BCUT2D eigenvalue weighted by Crippen LogP contribution is -2.28. The summed E-state index contributed by atoms with van der Waals surface area (Å²) in [6, 6.07) is 5.70. The van der Waals surface area contributed by atoms with Gasteiger partial charge in [-0.1, -0.05) is 15.9 Å². The van der Waals surface area contributed by atoms with Gasteiger partial charge in [-0.15, -0.1) is 11.3 Å². The van der Waals surface area contributed by atoms with Crippen LogP contribution in [0.5, 0.6) is 0 Å². The zero-order chi connectivity index (χ0) is 13.1. The summed E-state index contributed by atoms with van der Waals surface area (Å²) < 4.78 is 0.916. The number of hydrogen-bond donors (Lipinski definition) is 0. The van der Waals surface area contributed by atoms with E-state index in [1.807, 2.05) is 30.5 Å². The molecule has 0 spiro atoms. The highest BCUT2D eigenvalue weighted by molar-refractivity contribution is 9.10. The molecule has 0 saturated heterocycles. The van der Waals surface area contributed by atoms with Crippen LogP contribution in [0.15, 0.2) is 34.2 Å². The van der Waals surface area contributed by atoms with Crippen molar-refractivity contribution in [2.75, 3.05) is 11.9 Å². The molecular weight excluding hydrogens is 312 g/mol. The first-order valence-corrected chi connectivity index (χ1v) is 7.16. The van der Waals surface area contributed by atoms with E-state index in [9.17, 15) is 4.79 Å². The molecule has 2 rings (SSSR count). The number of aromatic nitrogens is 1. The standard InChI is InChI=1S/C13H13BrN2OS/c1-9-4-6-18-11(9)8-13(17)16(2)12-7-10(14)3-5-15-12/h3-7H,8H2,1-2H3. The molecule has 0 aromatic carbocycles. The van der Waals surface area contributed by atoms with E-state index in [1.165, 1.54) is 5.56 Å². The maximum Gasteiger partial charge on any atom is 0.233 e. The number of thiophene rings is 1. The highest BCUT2D eigenvalue weighted by atomic mass is 79.9. The molecule has 0 fully saturated rings. The first kappa shape index (κ1) is 13.2. The first-order valence-electron chi connectivity index (χ1n) is 5.49. The van der Waals surface area contributed by atoms with Crippen molar-refractivity contribution in [1.29, 1.82) is 0 Å². The average Bonchev–Trinajstić information content (AvgIpc) is 2.74. The Hall–Kier alpha value is -1.20. The van der Waals surface area contributed by atoms with E-state index in [0.717, 1.165) is 9.35 Å². The molecule has 1 amide bonds. The van der Waals surface area contributed by atoms with Crippen molar-refractivity contribution in [3.63, 3.8) is 0 Å². The third-order valence-corrected chi connectivity index (χ3v) is 4.22. The molecule has 0 aliphatic rings. The van der Waals surface area contributed by atoms with Crippen LogP contribution in [0.2, 0.25) is 0 Å². The highest BCUT2D eigenvalue weighted by Gasteiger charge is 2.14. The fraction of sp³-hybridized carbons (Fsp3) is 0.231. The Bertz CT molecular complexity index is 568. The van der Waals surface area contributed by atoms with Gasteiger partial charge in [-0.2, -0.15) is 0 Å². The molecule has 0 aliphatic heterocycles. The number of nitrogens with zero attached hydrogens (tertiary/aromatic N) is 2. The van der Waals surface area contributed by atoms with Gasteiger partial charge in [0.2, 0.25) is 5.91 Å². The predicted molar refractivity (Wildman–Crippen MR) is 78.1 cm³/mol. The second-order valence-electron chi connectivity index (χ2n) is 3.99. The van der Waals surface area contributed by atoms with Crippen LogP contribution in [0.25, 0.3) is 0 Å². The zero-order valence-electron chi connectivity index (χ0n) is 10.2. The fourth-order valence-electron chi connectivity index (χ4n) is 1.55. The smallest absolute Gasteiger partial charge is 0.233 e. The van der Waals surface area contributed by atoms with Gasteiger partial charge in [-0.05, 0) is 36.1 Å².